The molecule has 6 nitrogen and oxygen atoms in total. The highest BCUT2D eigenvalue weighted by molar-refractivity contribution is 6.33. The van der Waals surface area contributed by atoms with Crippen molar-refractivity contribution >= 4 is 17.5 Å². The van der Waals surface area contributed by atoms with Crippen molar-refractivity contribution in [1.29, 1.82) is 0 Å². The summed E-state index contributed by atoms with van der Waals surface area (Å²) in [6.07, 6.45) is 0. The molecule has 0 saturated carbocycles. The number of aryl methyl sites for hydroxylation is 1. The SMILES string of the molecule is COc1cccc(C(CNC(=O)c2c(C)nn(Cc3ccc(F)cc3)c2Cl)N(C)C)c1. The zero-order valence-electron chi connectivity index (χ0n) is 18.0. The molecular formula is C23H26ClFN4O2. The van der Waals surface area contributed by atoms with E-state index in [4.69, 9.17) is 16.3 Å². The third-order valence-corrected chi connectivity index (χ3v) is 5.48. The van der Waals surface area contributed by atoms with Gasteiger partial charge in [-0.2, -0.15) is 5.10 Å². The van der Waals surface area contributed by atoms with Gasteiger partial charge in [-0.05, 0) is 56.4 Å². The molecule has 2 aromatic carbocycles. The zero-order chi connectivity index (χ0) is 22.5. The Morgan fingerprint density at radius 1 is 1.26 bits per heavy atom. The number of rotatable bonds is 8. The fourth-order valence-electron chi connectivity index (χ4n) is 3.40. The molecule has 0 aliphatic rings. The Labute approximate surface area is 186 Å². The van der Waals surface area contributed by atoms with Gasteiger partial charge in [0.2, 0.25) is 0 Å². The predicted molar refractivity (Wildman–Crippen MR) is 119 cm³/mol. The van der Waals surface area contributed by atoms with E-state index in [2.05, 4.69) is 10.4 Å². The van der Waals surface area contributed by atoms with Crippen molar-refractivity contribution in [3.63, 3.8) is 0 Å². The third-order valence-electron chi connectivity index (χ3n) is 5.10. The highest BCUT2D eigenvalue weighted by Gasteiger charge is 2.22. The van der Waals surface area contributed by atoms with Crippen molar-refractivity contribution in [2.45, 2.75) is 19.5 Å². The number of likely N-dealkylation sites (N-methyl/N-ethyl adjacent to an activating group) is 1. The van der Waals surface area contributed by atoms with Crippen LogP contribution in [0.3, 0.4) is 0 Å². The van der Waals surface area contributed by atoms with E-state index in [1.807, 2.05) is 43.3 Å². The number of hydrogen-bond donors (Lipinski definition) is 1. The summed E-state index contributed by atoms with van der Waals surface area (Å²) >= 11 is 6.48. The van der Waals surface area contributed by atoms with Crippen LogP contribution in [0.4, 0.5) is 4.39 Å². The van der Waals surface area contributed by atoms with Gasteiger partial charge in [-0.25, -0.2) is 9.07 Å². The van der Waals surface area contributed by atoms with Crippen LogP contribution in [-0.4, -0.2) is 48.3 Å². The molecule has 8 heteroatoms. The van der Waals surface area contributed by atoms with Crippen LogP contribution < -0.4 is 10.1 Å². The molecule has 0 spiro atoms. The number of halogens is 2. The Morgan fingerprint density at radius 3 is 2.61 bits per heavy atom. The number of carbonyl (C=O) groups is 1. The number of hydrogen-bond acceptors (Lipinski definition) is 4. The molecule has 0 aliphatic heterocycles. The summed E-state index contributed by atoms with van der Waals surface area (Å²) in [6.45, 7) is 2.47. The van der Waals surface area contributed by atoms with E-state index in [9.17, 15) is 9.18 Å². The Hall–Kier alpha value is -2.90. The summed E-state index contributed by atoms with van der Waals surface area (Å²) in [7, 11) is 5.53. The van der Waals surface area contributed by atoms with Gasteiger partial charge in [0.25, 0.3) is 5.91 Å². The monoisotopic (exact) mass is 444 g/mol. The van der Waals surface area contributed by atoms with Crippen LogP contribution in [0.1, 0.15) is 33.2 Å². The number of carbonyl (C=O) groups excluding carboxylic acids is 1. The van der Waals surface area contributed by atoms with Gasteiger partial charge in [-0.3, -0.25) is 4.79 Å². The molecule has 3 rings (SSSR count). The highest BCUT2D eigenvalue weighted by atomic mass is 35.5. The number of nitrogens with zero attached hydrogens (tertiary/aromatic N) is 3. The normalized spacial score (nSPS) is 12.1. The van der Waals surface area contributed by atoms with E-state index in [-0.39, 0.29) is 22.9 Å². The van der Waals surface area contributed by atoms with Gasteiger partial charge in [0.05, 0.1) is 31.0 Å². The van der Waals surface area contributed by atoms with Crippen molar-refractivity contribution < 1.29 is 13.9 Å². The van der Waals surface area contributed by atoms with Gasteiger partial charge in [0, 0.05) is 6.54 Å². The highest BCUT2D eigenvalue weighted by Crippen LogP contribution is 2.24. The Balaban J connectivity index is 1.74. The molecule has 1 atom stereocenters. The molecule has 1 aromatic heterocycles. The van der Waals surface area contributed by atoms with E-state index in [0.29, 0.717) is 24.3 Å². The maximum Gasteiger partial charge on any atom is 0.256 e. The number of amides is 1. The summed E-state index contributed by atoms with van der Waals surface area (Å²) in [5.41, 5.74) is 2.74. The molecule has 31 heavy (non-hydrogen) atoms. The lowest BCUT2D eigenvalue weighted by Gasteiger charge is -2.25. The van der Waals surface area contributed by atoms with Crippen LogP contribution in [0, 0.1) is 12.7 Å². The predicted octanol–water partition coefficient (Wildman–Crippen LogP) is 4.07. The average molecular weight is 445 g/mol. The first kappa shape index (κ1) is 22.8. The Bertz CT molecular complexity index is 1050. The fourth-order valence-corrected chi connectivity index (χ4v) is 3.72. The smallest absolute Gasteiger partial charge is 0.256 e. The average Bonchev–Trinajstić information content (AvgIpc) is 3.02. The standard InChI is InChI=1S/C23H26ClFN4O2/c1-15-21(22(24)29(27-15)14-16-8-10-18(25)11-9-16)23(30)26-13-20(28(2)3)17-6-5-7-19(12-17)31-4/h5-12,20H,13-14H2,1-4H3,(H,26,30). The molecule has 0 aliphatic carbocycles. The summed E-state index contributed by atoms with van der Waals surface area (Å²) in [4.78, 5) is 15.0. The van der Waals surface area contributed by atoms with E-state index in [0.717, 1.165) is 16.9 Å². The second kappa shape index (κ2) is 9.94. The van der Waals surface area contributed by atoms with Crippen LogP contribution in [0.5, 0.6) is 5.75 Å². The molecule has 1 N–H and O–H groups in total. The number of benzene rings is 2. The van der Waals surface area contributed by atoms with Gasteiger partial charge in [-0.15, -0.1) is 0 Å². The minimum Gasteiger partial charge on any atom is -0.497 e. The topological polar surface area (TPSA) is 59.4 Å². The van der Waals surface area contributed by atoms with E-state index in [1.54, 1.807) is 30.8 Å². The van der Waals surface area contributed by atoms with Gasteiger partial charge in [0.15, 0.2) is 0 Å². The van der Waals surface area contributed by atoms with E-state index >= 15 is 0 Å². The van der Waals surface area contributed by atoms with Crippen LogP contribution in [-0.2, 0) is 6.54 Å². The maximum absolute atomic E-state index is 13.1. The van der Waals surface area contributed by atoms with Gasteiger partial charge < -0.3 is 15.0 Å². The molecule has 1 amide bonds. The molecule has 1 heterocycles. The van der Waals surface area contributed by atoms with E-state index < -0.39 is 0 Å². The first-order valence-electron chi connectivity index (χ1n) is 9.86. The molecule has 0 bridgehead atoms. The largest absolute Gasteiger partial charge is 0.497 e. The molecule has 0 fully saturated rings. The Kier molecular flexibility index (Phi) is 7.30. The van der Waals surface area contributed by atoms with Gasteiger partial charge in [0.1, 0.15) is 16.7 Å². The summed E-state index contributed by atoms with van der Waals surface area (Å²) in [6, 6.07) is 13.8. The lowest BCUT2D eigenvalue weighted by molar-refractivity contribution is 0.0941. The molecule has 1 unspecified atom stereocenters. The number of methoxy groups -OCH3 is 1. The minimum atomic E-state index is -0.307. The lowest BCUT2D eigenvalue weighted by Crippen LogP contribution is -2.34. The summed E-state index contributed by atoms with van der Waals surface area (Å²) in [5.74, 6) is 0.164. The molecule has 0 saturated heterocycles. The zero-order valence-corrected chi connectivity index (χ0v) is 18.8. The fraction of sp³-hybridized carbons (Fsp3) is 0.304. The lowest BCUT2D eigenvalue weighted by atomic mass is 10.1. The molecule has 0 radical (unpaired) electrons. The van der Waals surface area contributed by atoms with Crippen molar-refractivity contribution in [2.24, 2.45) is 0 Å². The van der Waals surface area contributed by atoms with Crippen molar-refractivity contribution in [3.8, 4) is 5.75 Å². The summed E-state index contributed by atoms with van der Waals surface area (Å²) in [5, 5.41) is 7.62. The molecule has 164 valence electrons. The number of aromatic nitrogens is 2. The maximum atomic E-state index is 13.1. The van der Waals surface area contributed by atoms with Crippen LogP contribution >= 0.6 is 11.6 Å². The van der Waals surface area contributed by atoms with Gasteiger partial charge >= 0.3 is 0 Å². The molecule has 3 aromatic rings. The first-order chi connectivity index (χ1) is 14.8. The minimum absolute atomic E-state index is 0.0487. The Morgan fingerprint density at radius 2 is 1.97 bits per heavy atom. The molecular weight excluding hydrogens is 419 g/mol. The van der Waals surface area contributed by atoms with Crippen LogP contribution in [0.25, 0.3) is 0 Å². The second-order valence-corrected chi connectivity index (χ2v) is 7.86. The van der Waals surface area contributed by atoms with Crippen LogP contribution in [0.2, 0.25) is 5.15 Å². The first-order valence-corrected chi connectivity index (χ1v) is 10.2. The van der Waals surface area contributed by atoms with Crippen LogP contribution in [0.15, 0.2) is 48.5 Å². The second-order valence-electron chi connectivity index (χ2n) is 7.50. The third kappa shape index (κ3) is 5.42. The number of nitrogens with one attached hydrogen (secondary N) is 1. The summed E-state index contributed by atoms with van der Waals surface area (Å²) < 4.78 is 20.0. The quantitative estimate of drug-likeness (QED) is 0.569. The van der Waals surface area contributed by atoms with Gasteiger partial charge in [-0.1, -0.05) is 35.9 Å². The van der Waals surface area contributed by atoms with Crippen molar-refractivity contribution in [3.05, 3.63) is 81.9 Å². The number of ether oxygens (including phenoxy) is 1. The van der Waals surface area contributed by atoms with Crippen molar-refractivity contribution in [1.82, 2.24) is 20.0 Å². The van der Waals surface area contributed by atoms with E-state index in [1.165, 1.54) is 12.1 Å². The van der Waals surface area contributed by atoms with Crippen molar-refractivity contribution in [2.75, 3.05) is 27.7 Å².